The smallest absolute Gasteiger partial charge is 0.206 e. The number of halogens is 3. The summed E-state index contributed by atoms with van der Waals surface area (Å²) in [6.07, 6.45) is 0. The van der Waals surface area contributed by atoms with Crippen molar-refractivity contribution in [3.63, 3.8) is 0 Å². The molecule has 0 aliphatic rings. The van der Waals surface area contributed by atoms with Gasteiger partial charge in [-0.15, -0.1) is 0 Å². The van der Waals surface area contributed by atoms with Crippen molar-refractivity contribution >= 4 is 17.0 Å². The molecule has 0 atom stereocenters. The molecule has 0 bridgehead atoms. The molecule has 0 saturated heterocycles. The highest BCUT2D eigenvalue weighted by Crippen LogP contribution is 2.28. The predicted molar refractivity (Wildman–Crippen MR) is 70.1 cm³/mol. The van der Waals surface area contributed by atoms with Gasteiger partial charge in [0.1, 0.15) is 17.4 Å². The van der Waals surface area contributed by atoms with Crippen molar-refractivity contribution < 1.29 is 13.2 Å². The van der Waals surface area contributed by atoms with Crippen LogP contribution in [0, 0.1) is 28.8 Å². The van der Waals surface area contributed by atoms with Gasteiger partial charge in [0.05, 0.1) is 16.8 Å². The van der Waals surface area contributed by atoms with Gasteiger partial charge in [0.15, 0.2) is 11.6 Å². The first-order chi connectivity index (χ1) is 10.0. The van der Waals surface area contributed by atoms with Crippen molar-refractivity contribution in [2.24, 2.45) is 0 Å². The molecule has 0 fully saturated rings. The van der Waals surface area contributed by atoms with Gasteiger partial charge in [-0.25, -0.2) is 18.2 Å². The number of hydrogen-bond acceptors (Lipinski definition) is 3. The molecule has 0 saturated carbocycles. The van der Waals surface area contributed by atoms with Crippen LogP contribution in [0.25, 0.3) is 16.7 Å². The van der Waals surface area contributed by atoms with Crippen LogP contribution in [-0.4, -0.2) is 9.55 Å². The number of fused-ring (bicyclic) bond motifs is 1. The van der Waals surface area contributed by atoms with Crippen molar-refractivity contribution in [2.45, 2.75) is 0 Å². The van der Waals surface area contributed by atoms with Crippen LogP contribution in [0.5, 0.6) is 0 Å². The molecule has 0 aliphatic heterocycles. The van der Waals surface area contributed by atoms with E-state index in [4.69, 9.17) is 11.0 Å². The SMILES string of the molecule is N#Cc1cc(F)ccc1-n1c(N)nc2ccc(F)c(F)c21. The maximum Gasteiger partial charge on any atom is 0.206 e. The Bertz CT molecular complexity index is 909. The van der Waals surface area contributed by atoms with E-state index < -0.39 is 17.5 Å². The van der Waals surface area contributed by atoms with E-state index in [0.29, 0.717) is 0 Å². The fraction of sp³-hybridized carbons (Fsp3) is 0. The lowest BCUT2D eigenvalue weighted by atomic mass is 10.2. The summed E-state index contributed by atoms with van der Waals surface area (Å²) in [6.45, 7) is 0. The van der Waals surface area contributed by atoms with E-state index in [1.54, 1.807) is 6.07 Å². The summed E-state index contributed by atoms with van der Waals surface area (Å²) < 4.78 is 41.7. The molecule has 3 rings (SSSR count). The second-order valence-corrected chi connectivity index (χ2v) is 4.31. The monoisotopic (exact) mass is 288 g/mol. The summed E-state index contributed by atoms with van der Waals surface area (Å²) in [6, 6.07) is 7.34. The number of imidazole rings is 1. The number of nitriles is 1. The number of benzene rings is 2. The Balaban J connectivity index is 2.44. The Morgan fingerprint density at radius 2 is 1.90 bits per heavy atom. The minimum atomic E-state index is -1.13. The van der Waals surface area contributed by atoms with Crippen molar-refractivity contribution in [2.75, 3.05) is 5.73 Å². The molecule has 1 heterocycles. The van der Waals surface area contributed by atoms with E-state index in [2.05, 4.69) is 4.98 Å². The Labute approximate surface area is 116 Å². The number of nitrogens with two attached hydrogens (primary N) is 1. The van der Waals surface area contributed by atoms with Gasteiger partial charge in [-0.2, -0.15) is 5.26 Å². The Kier molecular flexibility index (Phi) is 2.80. The maximum atomic E-state index is 14.0. The molecule has 0 radical (unpaired) electrons. The van der Waals surface area contributed by atoms with Crippen LogP contribution in [0.2, 0.25) is 0 Å². The number of hydrogen-bond donors (Lipinski definition) is 1. The molecular formula is C14H7F3N4. The highest BCUT2D eigenvalue weighted by atomic mass is 19.2. The van der Waals surface area contributed by atoms with Crippen molar-refractivity contribution in [1.82, 2.24) is 9.55 Å². The van der Waals surface area contributed by atoms with Gasteiger partial charge in [-0.1, -0.05) is 0 Å². The lowest BCUT2D eigenvalue weighted by Crippen LogP contribution is -2.04. The molecule has 104 valence electrons. The highest BCUT2D eigenvalue weighted by molar-refractivity contribution is 5.82. The maximum absolute atomic E-state index is 14.0. The van der Waals surface area contributed by atoms with E-state index in [1.807, 2.05) is 0 Å². The minimum Gasteiger partial charge on any atom is -0.369 e. The average molecular weight is 288 g/mol. The molecule has 0 unspecified atom stereocenters. The predicted octanol–water partition coefficient (Wildman–Crippen LogP) is 2.90. The standard InChI is InChI=1S/C14H7F3N4/c15-8-1-4-11(7(5-8)6-18)21-13-10(20-14(21)19)3-2-9(16)12(13)17/h1-5H,(H2,19,20). The van der Waals surface area contributed by atoms with Gasteiger partial charge < -0.3 is 5.73 Å². The van der Waals surface area contributed by atoms with E-state index in [1.165, 1.54) is 12.1 Å². The average Bonchev–Trinajstić information content (AvgIpc) is 2.80. The molecule has 2 aromatic carbocycles. The van der Waals surface area contributed by atoms with Crippen LogP contribution < -0.4 is 5.73 Å². The molecule has 3 aromatic rings. The number of anilines is 1. The van der Waals surface area contributed by atoms with Crippen LogP contribution in [0.1, 0.15) is 5.56 Å². The summed E-state index contributed by atoms with van der Waals surface area (Å²) in [4.78, 5) is 3.92. The largest absolute Gasteiger partial charge is 0.369 e. The lowest BCUT2D eigenvalue weighted by molar-refractivity contribution is 0.514. The summed E-state index contributed by atoms with van der Waals surface area (Å²) in [7, 11) is 0. The fourth-order valence-electron chi connectivity index (χ4n) is 2.16. The van der Waals surface area contributed by atoms with Crippen LogP contribution >= 0.6 is 0 Å². The third-order valence-electron chi connectivity index (χ3n) is 3.06. The zero-order valence-electron chi connectivity index (χ0n) is 10.4. The van der Waals surface area contributed by atoms with Gasteiger partial charge >= 0.3 is 0 Å². The normalized spacial score (nSPS) is 10.8. The molecule has 2 N–H and O–H groups in total. The van der Waals surface area contributed by atoms with Gasteiger partial charge in [-0.05, 0) is 30.3 Å². The van der Waals surface area contributed by atoms with Crippen LogP contribution in [0.15, 0.2) is 30.3 Å². The quantitative estimate of drug-likeness (QED) is 0.748. The molecule has 0 amide bonds. The highest BCUT2D eigenvalue weighted by Gasteiger charge is 2.19. The minimum absolute atomic E-state index is 0.0651. The summed E-state index contributed by atoms with van der Waals surface area (Å²) in [5, 5.41) is 9.07. The van der Waals surface area contributed by atoms with Gasteiger partial charge in [0.25, 0.3) is 0 Å². The summed E-state index contributed by atoms with van der Waals surface area (Å²) in [5.41, 5.74) is 5.73. The number of rotatable bonds is 1. The molecule has 0 spiro atoms. The topological polar surface area (TPSA) is 67.6 Å². The van der Waals surface area contributed by atoms with Crippen LogP contribution in [-0.2, 0) is 0 Å². The molecular weight excluding hydrogens is 281 g/mol. The van der Waals surface area contributed by atoms with Gasteiger partial charge in [0, 0.05) is 0 Å². The summed E-state index contributed by atoms with van der Waals surface area (Å²) in [5.74, 6) is -2.95. The molecule has 7 heteroatoms. The van der Waals surface area contributed by atoms with Gasteiger partial charge in [-0.3, -0.25) is 4.57 Å². The number of nitrogen functional groups attached to an aromatic ring is 1. The Hall–Kier alpha value is -3.01. The summed E-state index contributed by atoms with van der Waals surface area (Å²) >= 11 is 0. The van der Waals surface area contributed by atoms with E-state index in [0.717, 1.165) is 22.8 Å². The second kappa shape index (κ2) is 4.52. The molecule has 0 aliphatic carbocycles. The fourth-order valence-corrected chi connectivity index (χ4v) is 2.16. The molecule has 1 aromatic heterocycles. The number of aromatic nitrogens is 2. The molecule has 21 heavy (non-hydrogen) atoms. The van der Waals surface area contributed by atoms with Crippen LogP contribution in [0.4, 0.5) is 19.1 Å². The van der Waals surface area contributed by atoms with Crippen molar-refractivity contribution in [1.29, 1.82) is 5.26 Å². The zero-order valence-corrected chi connectivity index (χ0v) is 10.4. The first kappa shape index (κ1) is 13.0. The number of nitrogens with zero attached hydrogens (tertiary/aromatic N) is 3. The lowest BCUT2D eigenvalue weighted by Gasteiger charge is -2.09. The van der Waals surface area contributed by atoms with Crippen molar-refractivity contribution in [3.05, 3.63) is 53.3 Å². The first-order valence-corrected chi connectivity index (χ1v) is 5.85. The van der Waals surface area contributed by atoms with E-state index >= 15 is 0 Å². The second-order valence-electron chi connectivity index (χ2n) is 4.31. The Morgan fingerprint density at radius 3 is 2.62 bits per heavy atom. The molecule has 4 nitrogen and oxygen atoms in total. The van der Waals surface area contributed by atoms with Gasteiger partial charge in [0.2, 0.25) is 5.95 Å². The third kappa shape index (κ3) is 1.89. The van der Waals surface area contributed by atoms with E-state index in [-0.39, 0.29) is 28.2 Å². The first-order valence-electron chi connectivity index (χ1n) is 5.85. The zero-order chi connectivity index (χ0) is 15.1. The Morgan fingerprint density at radius 1 is 1.14 bits per heavy atom. The van der Waals surface area contributed by atoms with Crippen LogP contribution in [0.3, 0.4) is 0 Å². The van der Waals surface area contributed by atoms with Crippen molar-refractivity contribution in [3.8, 4) is 11.8 Å². The third-order valence-corrected chi connectivity index (χ3v) is 3.06. The van der Waals surface area contributed by atoms with E-state index in [9.17, 15) is 13.2 Å².